The van der Waals surface area contributed by atoms with Gasteiger partial charge in [-0.3, -0.25) is 4.18 Å². The fraction of sp³-hybridized carbons (Fsp3) is 0.857. The van der Waals surface area contributed by atoms with Crippen molar-refractivity contribution in [3.63, 3.8) is 0 Å². The van der Waals surface area contributed by atoms with Crippen molar-refractivity contribution < 1.29 is 101 Å². The molecule has 1 aliphatic rings. The average molecular weight is 316 g/mol. The van der Waals surface area contributed by atoms with Gasteiger partial charge in [-0.2, -0.15) is 0 Å². The van der Waals surface area contributed by atoms with E-state index in [1.54, 1.807) is 0 Å². The van der Waals surface area contributed by atoms with Crippen molar-refractivity contribution >= 4 is 16.4 Å². The molecule has 1 saturated heterocycles. The minimum absolute atomic E-state index is 0. The summed E-state index contributed by atoms with van der Waals surface area (Å²) < 4.78 is 44.4. The average Bonchev–Trinajstić information content (AvgIpc) is 2.18. The van der Waals surface area contributed by atoms with E-state index in [-0.39, 0.29) is 59.1 Å². The van der Waals surface area contributed by atoms with Crippen LogP contribution in [-0.4, -0.2) is 62.2 Å². The first-order valence-corrected chi connectivity index (χ1v) is 5.77. The molecule has 1 aliphatic heterocycles. The maximum atomic E-state index is 10.6. The predicted octanol–water partition coefficient (Wildman–Crippen LogP) is -9.64. The normalized spacial score (nSPS) is 30.9. The van der Waals surface area contributed by atoms with E-state index in [0.29, 0.717) is 0 Å². The Balaban J connectivity index is 0. The van der Waals surface area contributed by atoms with Crippen LogP contribution < -0.4 is 64.2 Å². The second kappa shape index (κ2) is 9.28. The largest absolute Gasteiger partial charge is 1.00 e. The smallest absolute Gasteiger partial charge is 0.726 e. The van der Waals surface area contributed by atoms with Gasteiger partial charge in [0.05, 0.1) is 12.6 Å². The van der Waals surface area contributed by atoms with E-state index in [4.69, 9.17) is 4.74 Å². The first-order chi connectivity index (χ1) is 7.76. The second-order valence-corrected chi connectivity index (χ2v) is 4.32. The number of methoxy groups -OCH3 is 1. The van der Waals surface area contributed by atoms with Gasteiger partial charge in [-0.1, -0.05) is 0 Å². The van der Waals surface area contributed by atoms with Gasteiger partial charge in [-0.05, 0) is 0 Å². The molecule has 1 heterocycles. The number of carboxylic acids is 1. The van der Waals surface area contributed by atoms with Crippen LogP contribution in [0.4, 0.5) is 0 Å². The van der Waals surface area contributed by atoms with Crippen LogP contribution in [0, 0.1) is 0 Å². The van der Waals surface area contributed by atoms with Crippen molar-refractivity contribution in [2.45, 2.75) is 24.4 Å². The Morgan fingerprint density at radius 1 is 1.42 bits per heavy atom. The quantitative estimate of drug-likeness (QED) is 0.303. The number of aliphatic carboxylic acids is 1. The summed E-state index contributed by atoms with van der Waals surface area (Å²) in [5, 5.41) is 20.2. The van der Waals surface area contributed by atoms with Gasteiger partial charge in [0.1, 0.15) is 24.4 Å². The molecule has 19 heavy (non-hydrogen) atoms. The van der Waals surface area contributed by atoms with E-state index in [9.17, 15) is 28.0 Å². The van der Waals surface area contributed by atoms with Crippen molar-refractivity contribution in [1.29, 1.82) is 0 Å². The van der Waals surface area contributed by atoms with Crippen LogP contribution in [0.2, 0.25) is 0 Å². The summed E-state index contributed by atoms with van der Waals surface area (Å²) in [6, 6.07) is 0. The molecule has 1 fully saturated rings. The van der Waals surface area contributed by atoms with Crippen LogP contribution in [0.15, 0.2) is 0 Å². The van der Waals surface area contributed by atoms with Crippen molar-refractivity contribution in [2.24, 2.45) is 0 Å². The number of hydrogen-bond acceptors (Lipinski definition) is 9. The van der Waals surface area contributed by atoms with E-state index in [1.165, 1.54) is 0 Å². The fourth-order valence-electron chi connectivity index (χ4n) is 1.48. The molecule has 0 aliphatic carbocycles. The molecule has 0 saturated carbocycles. The molecular formula is C7H10Na2O9S. The summed E-state index contributed by atoms with van der Waals surface area (Å²) in [4.78, 5) is 10.6. The molecule has 1 rings (SSSR count). The molecule has 4 atom stereocenters. The minimum Gasteiger partial charge on any atom is -0.726 e. The van der Waals surface area contributed by atoms with Crippen molar-refractivity contribution in [3.8, 4) is 0 Å². The number of rotatable bonds is 4. The number of aliphatic hydroxyl groups excluding tert-OH is 1. The van der Waals surface area contributed by atoms with Gasteiger partial charge in [0.15, 0.2) is 0 Å². The molecule has 0 amide bonds. The van der Waals surface area contributed by atoms with E-state index < -0.39 is 47.4 Å². The Labute approximate surface area is 154 Å². The summed E-state index contributed by atoms with van der Waals surface area (Å²) in [6.07, 6.45) is -6.11. The maximum absolute atomic E-state index is 10.6. The Morgan fingerprint density at radius 3 is 2.32 bits per heavy atom. The van der Waals surface area contributed by atoms with Crippen LogP contribution in [0.1, 0.15) is 0 Å². The van der Waals surface area contributed by atoms with Gasteiger partial charge in [0.25, 0.3) is 0 Å². The second-order valence-electron chi connectivity index (χ2n) is 3.31. The molecule has 0 bridgehead atoms. The monoisotopic (exact) mass is 316 g/mol. The van der Waals surface area contributed by atoms with Crippen LogP contribution >= 0.6 is 0 Å². The zero-order chi connectivity index (χ0) is 13.2. The predicted molar refractivity (Wildman–Crippen MR) is 46.1 cm³/mol. The standard InChI is InChI=1S/C7H12O9S.2Na/c1-14-5-4(8)3(16-17(11,12)13)2-15-6(5)7(9)10;;/h3-6,8H,2H2,1H3,(H,9,10)(H,11,12,13);;/q;2*+1/p-2/t3?,4-,5-,6?;;/m1../s1. The van der Waals surface area contributed by atoms with Crippen LogP contribution in [0.5, 0.6) is 0 Å². The van der Waals surface area contributed by atoms with E-state index in [2.05, 4.69) is 8.92 Å². The summed E-state index contributed by atoms with van der Waals surface area (Å²) >= 11 is 0. The summed E-state index contributed by atoms with van der Waals surface area (Å²) in [6.45, 7) is -0.582. The number of aliphatic hydroxyl groups is 1. The number of hydrogen-bond donors (Lipinski definition) is 1. The number of carbonyl (C=O) groups is 1. The Kier molecular flexibility index (Phi) is 11.0. The zero-order valence-electron chi connectivity index (χ0n) is 10.6. The third kappa shape index (κ3) is 6.68. The first-order valence-electron chi connectivity index (χ1n) is 4.43. The molecule has 9 nitrogen and oxygen atoms in total. The third-order valence-electron chi connectivity index (χ3n) is 2.20. The molecule has 12 heteroatoms. The van der Waals surface area contributed by atoms with Gasteiger partial charge in [0, 0.05) is 7.11 Å². The molecule has 2 unspecified atom stereocenters. The SMILES string of the molecule is CO[C@H]1C(C(=O)[O-])OCC(OS(=O)(=O)[O-])[C@H]1O.[Na+].[Na+]. The van der Waals surface area contributed by atoms with Gasteiger partial charge in [0.2, 0.25) is 10.4 Å². The summed E-state index contributed by atoms with van der Waals surface area (Å²) in [5.41, 5.74) is 0. The van der Waals surface area contributed by atoms with Gasteiger partial charge in [-0.15, -0.1) is 0 Å². The number of carboxylic acid groups (broad SMARTS) is 1. The van der Waals surface area contributed by atoms with Crippen LogP contribution in [-0.2, 0) is 28.9 Å². The van der Waals surface area contributed by atoms with E-state index in [0.717, 1.165) is 7.11 Å². The molecule has 0 aromatic carbocycles. The molecule has 100 valence electrons. The van der Waals surface area contributed by atoms with Gasteiger partial charge in [-0.25, -0.2) is 8.42 Å². The van der Waals surface area contributed by atoms with Gasteiger partial charge >= 0.3 is 59.1 Å². The molecular weight excluding hydrogens is 306 g/mol. The molecule has 0 aromatic rings. The molecule has 1 N–H and O–H groups in total. The van der Waals surface area contributed by atoms with Crippen molar-refractivity contribution in [3.05, 3.63) is 0 Å². The topological polar surface area (TPSA) is 145 Å². The Bertz CT molecular complexity index is 386. The Hall–Kier alpha value is 1.22. The zero-order valence-corrected chi connectivity index (χ0v) is 15.5. The third-order valence-corrected chi connectivity index (χ3v) is 2.68. The summed E-state index contributed by atoms with van der Waals surface area (Å²) in [5.74, 6) is -1.63. The van der Waals surface area contributed by atoms with Crippen LogP contribution in [0.25, 0.3) is 0 Å². The number of ether oxygens (including phenoxy) is 2. The van der Waals surface area contributed by atoms with Crippen molar-refractivity contribution in [1.82, 2.24) is 0 Å². The maximum Gasteiger partial charge on any atom is 1.00 e. The molecule has 0 aromatic heterocycles. The van der Waals surface area contributed by atoms with E-state index in [1.807, 2.05) is 0 Å². The van der Waals surface area contributed by atoms with E-state index >= 15 is 0 Å². The number of carbonyl (C=O) groups excluding carboxylic acids is 1. The molecule has 0 spiro atoms. The van der Waals surface area contributed by atoms with Crippen molar-refractivity contribution in [2.75, 3.05) is 13.7 Å². The van der Waals surface area contributed by atoms with Gasteiger partial charge < -0.3 is 29.0 Å². The molecule has 0 radical (unpaired) electrons. The minimum atomic E-state index is -5.03. The first kappa shape index (κ1) is 22.5. The summed E-state index contributed by atoms with van der Waals surface area (Å²) in [7, 11) is -3.95. The Morgan fingerprint density at radius 2 is 1.95 bits per heavy atom. The fourth-order valence-corrected chi connectivity index (χ4v) is 1.96. The van der Waals surface area contributed by atoms with Crippen LogP contribution in [0.3, 0.4) is 0 Å².